The molecule has 1 aliphatic heterocycles. The van der Waals surface area contributed by atoms with Crippen molar-refractivity contribution in [3.8, 4) is 0 Å². The van der Waals surface area contributed by atoms with Crippen LogP contribution in [0.4, 0.5) is 0 Å². The molecule has 1 unspecified atom stereocenters. The molecule has 0 amide bonds. The first-order valence-corrected chi connectivity index (χ1v) is 7.26. The van der Waals surface area contributed by atoms with Crippen LogP contribution in [0.15, 0.2) is 0 Å². The molecule has 1 saturated heterocycles. The second-order valence-electron chi connectivity index (χ2n) is 4.79. The molecular formula is C13H22ClN3O2. The number of nitrogens with zero attached hydrogens (tertiary/aromatic N) is 3. The van der Waals surface area contributed by atoms with Crippen LogP contribution >= 0.6 is 11.6 Å². The lowest BCUT2D eigenvalue weighted by molar-refractivity contribution is -0.0556. The van der Waals surface area contributed by atoms with Gasteiger partial charge < -0.3 is 9.84 Å². The molecular weight excluding hydrogens is 266 g/mol. The molecule has 0 saturated carbocycles. The van der Waals surface area contributed by atoms with Crippen LogP contribution in [0.5, 0.6) is 0 Å². The molecule has 19 heavy (non-hydrogen) atoms. The van der Waals surface area contributed by atoms with Crippen LogP contribution in [0.25, 0.3) is 0 Å². The molecule has 1 aromatic heterocycles. The van der Waals surface area contributed by atoms with Gasteiger partial charge in [-0.3, -0.25) is 9.58 Å². The fourth-order valence-corrected chi connectivity index (χ4v) is 2.74. The van der Waals surface area contributed by atoms with Gasteiger partial charge in [-0.2, -0.15) is 5.10 Å². The van der Waals surface area contributed by atoms with Crippen LogP contribution in [-0.2, 0) is 24.2 Å². The molecule has 0 spiro atoms. The van der Waals surface area contributed by atoms with Crippen molar-refractivity contribution in [1.29, 1.82) is 0 Å². The summed E-state index contributed by atoms with van der Waals surface area (Å²) in [5.41, 5.74) is 2.03. The molecule has 2 rings (SSSR count). The second-order valence-corrected chi connectivity index (χ2v) is 5.17. The van der Waals surface area contributed by atoms with E-state index in [1.54, 1.807) is 0 Å². The number of morpholine rings is 1. The number of aliphatic hydroxyl groups excluding tert-OH is 1. The van der Waals surface area contributed by atoms with Crippen LogP contribution in [0.2, 0.25) is 5.02 Å². The Hall–Kier alpha value is -0.620. The van der Waals surface area contributed by atoms with E-state index < -0.39 is 0 Å². The lowest BCUT2D eigenvalue weighted by Crippen LogP contribution is -2.43. The van der Waals surface area contributed by atoms with Crippen molar-refractivity contribution in [3.63, 3.8) is 0 Å². The zero-order chi connectivity index (χ0) is 13.8. The van der Waals surface area contributed by atoms with Gasteiger partial charge in [0.1, 0.15) is 0 Å². The molecule has 1 N–H and O–H groups in total. The van der Waals surface area contributed by atoms with Crippen molar-refractivity contribution in [2.24, 2.45) is 0 Å². The number of rotatable bonds is 5. The number of hydrogen-bond acceptors (Lipinski definition) is 4. The smallest absolute Gasteiger partial charge is 0.0933 e. The largest absolute Gasteiger partial charge is 0.394 e. The number of hydrogen-bond donors (Lipinski definition) is 1. The Bertz CT molecular complexity index is 422. The average molecular weight is 288 g/mol. The minimum absolute atomic E-state index is 0.0669. The minimum atomic E-state index is -0.0869. The Labute approximate surface area is 119 Å². The predicted molar refractivity (Wildman–Crippen MR) is 74.4 cm³/mol. The van der Waals surface area contributed by atoms with E-state index in [-0.39, 0.29) is 12.7 Å². The van der Waals surface area contributed by atoms with Crippen molar-refractivity contribution < 1.29 is 9.84 Å². The summed E-state index contributed by atoms with van der Waals surface area (Å²) >= 11 is 6.41. The molecule has 0 radical (unpaired) electrons. The fourth-order valence-electron chi connectivity index (χ4n) is 2.41. The van der Waals surface area contributed by atoms with Gasteiger partial charge in [0, 0.05) is 26.2 Å². The van der Waals surface area contributed by atoms with E-state index in [4.69, 9.17) is 16.3 Å². The van der Waals surface area contributed by atoms with E-state index in [1.807, 2.05) is 4.68 Å². The molecule has 1 atom stereocenters. The Morgan fingerprint density at radius 1 is 1.47 bits per heavy atom. The summed E-state index contributed by atoms with van der Waals surface area (Å²) in [6.07, 6.45) is 0.762. The third-order valence-electron chi connectivity index (χ3n) is 3.49. The van der Waals surface area contributed by atoms with Crippen molar-refractivity contribution >= 4 is 11.6 Å². The molecule has 1 aromatic rings. The lowest BCUT2D eigenvalue weighted by atomic mass is 10.2. The highest BCUT2D eigenvalue weighted by Crippen LogP contribution is 2.23. The van der Waals surface area contributed by atoms with Crippen LogP contribution in [0.1, 0.15) is 25.2 Å². The third-order valence-corrected chi connectivity index (χ3v) is 3.93. The SMILES string of the molecule is CCc1nn(CC)c(CN2CCOC(CO)C2)c1Cl. The van der Waals surface area contributed by atoms with Crippen molar-refractivity contribution in [2.75, 3.05) is 26.3 Å². The summed E-state index contributed by atoms with van der Waals surface area (Å²) < 4.78 is 7.44. The first-order valence-electron chi connectivity index (χ1n) is 6.88. The summed E-state index contributed by atoms with van der Waals surface area (Å²) in [6.45, 7) is 8.05. The van der Waals surface area contributed by atoms with E-state index in [2.05, 4.69) is 23.8 Å². The quantitative estimate of drug-likeness (QED) is 0.887. The predicted octanol–water partition coefficient (Wildman–Crippen LogP) is 1.31. The highest BCUT2D eigenvalue weighted by atomic mass is 35.5. The maximum absolute atomic E-state index is 9.18. The van der Waals surface area contributed by atoms with Crippen LogP contribution in [-0.4, -0.2) is 52.2 Å². The Morgan fingerprint density at radius 2 is 2.26 bits per heavy atom. The van der Waals surface area contributed by atoms with Crippen LogP contribution < -0.4 is 0 Å². The topological polar surface area (TPSA) is 50.5 Å². The maximum Gasteiger partial charge on any atom is 0.0933 e. The van der Waals surface area contributed by atoms with E-state index in [9.17, 15) is 5.11 Å². The molecule has 2 heterocycles. The number of aliphatic hydroxyl groups is 1. The molecule has 108 valence electrons. The highest BCUT2D eigenvalue weighted by Gasteiger charge is 2.23. The molecule has 6 heteroatoms. The first kappa shape index (κ1) is 14.8. The average Bonchev–Trinajstić information content (AvgIpc) is 2.75. The maximum atomic E-state index is 9.18. The summed E-state index contributed by atoms with van der Waals surface area (Å²) in [4.78, 5) is 2.26. The van der Waals surface area contributed by atoms with Crippen LogP contribution in [0, 0.1) is 0 Å². The summed E-state index contributed by atoms with van der Waals surface area (Å²) in [5, 5.41) is 14.5. The first-order chi connectivity index (χ1) is 9.19. The fraction of sp³-hybridized carbons (Fsp3) is 0.769. The number of ether oxygens (including phenoxy) is 1. The highest BCUT2D eigenvalue weighted by molar-refractivity contribution is 6.31. The molecule has 1 aliphatic rings. The van der Waals surface area contributed by atoms with Gasteiger partial charge >= 0.3 is 0 Å². The van der Waals surface area contributed by atoms with Gasteiger partial charge in [0.2, 0.25) is 0 Å². The van der Waals surface area contributed by atoms with Gasteiger partial charge in [-0.05, 0) is 13.3 Å². The van der Waals surface area contributed by atoms with Crippen LogP contribution in [0.3, 0.4) is 0 Å². The van der Waals surface area contributed by atoms with E-state index in [0.717, 1.165) is 49.0 Å². The van der Waals surface area contributed by atoms with E-state index in [0.29, 0.717) is 6.61 Å². The molecule has 0 bridgehead atoms. The Morgan fingerprint density at radius 3 is 2.89 bits per heavy atom. The van der Waals surface area contributed by atoms with E-state index in [1.165, 1.54) is 0 Å². The van der Waals surface area contributed by atoms with Crippen molar-refractivity contribution in [3.05, 3.63) is 16.4 Å². The third kappa shape index (κ3) is 3.28. The number of halogens is 1. The van der Waals surface area contributed by atoms with Gasteiger partial charge in [0.15, 0.2) is 0 Å². The monoisotopic (exact) mass is 287 g/mol. The summed E-state index contributed by atoms with van der Waals surface area (Å²) in [5.74, 6) is 0. The Balaban J connectivity index is 2.11. The zero-order valence-corrected chi connectivity index (χ0v) is 12.4. The summed E-state index contributed by atoms with van der Waals surface area (Å²) in [7, 11) is 0. The summed E-state index contributed by atoms with van der Waals surface area (Å²) in [6, 6.07) is 0. The van der Waals surface area contributed by atoms with Gasteiger partial charge in [0.05, 0.1) is 35.7 Å². The van der Waals surface area contributed by atoms with Gasteiger partial charge in [-0.1, -0.05) is 18.5 Å². The standard InChI is InChI=1S/C13H22ClN3O2/c1-3-11-13(14)12(17(4-2)15-11)8-16-5-6-19-10(7-16)9-18/h10,18H,3-9H2,1-2H3. The number of aromatic nitrogens is 2. The lowest BCUT2D eigenvalue weighted by Gasteiger charge is -2.32. The van der Waals surface area contributed by atoms with Gasteiger partial charge in [-0.15, -0.1) is 0 Å². The van der Waals surface area contributed by atoms with Gasteiger partial charge in [0.25, 0.3) is 0 Å². The second kappa shape index (κ2) is 6.70. The molecule has 1 fully saturated rings. The van der Waals surface area contributed by atoms with Crippen molar-refractivity contribution in [1.82, 2.24) is 14.7 Å². The molecule has 5 nitrogen and oxygen atoms in total. The normalized spacial score (nSPS) is 20.9. The van der Waals surface area contributed by atoms with E-state index >= 15 is 0 Å². The minimum Gasteiger partial charge on any atom is -0.394 e. The van der Waals surface area contributed by atoms with Crippen molar-refractivity contribution in [2.45, 2.75) is 39.5 Å². The molecule has 0 aromatic carbocycles. The zero-order valence-electron chi connectivity index (χ0n) is 11.6. The molecule has 0 aliphatic carbocycles. The van der Waals surface area contributed by atoms with Gasteiger partial charge in [-0.25, -0.2) is 0 Å². The number of aryl methyl sites for hydroxylation is 2. The Kier molecular flexibility index (Phi) is 5.21.